The summed E-state index contributed by atoms with van der Waals surface area (Å²) in [4.78, 5) is 29.8. The molecule has 9 nitrogen and oxygen atoms in total. The number of rotatable bonds is 9. The zero-order chi connectivity index (χ0) is 26.1. The highest BCUT2D eigenvalue weighted by molar-refractivity contribution is 5.98. The summed E-state index contributed by atoms with van der Waals surface area (Å²) in [7, 11) is 1.37. The fourth-order valence-corrected chi connectivity index (χ4v) is 4.20. The molecule has 0 saturated carbocycles. The maximum atomic E-state index is 13.0. The first kappa shape index (κ1) is 27.4. The topological polar surface area (TPSA) is 116 Å². The molecule has 2 aromatic rings. The lowest BCUT2D eigenvalue weighted by atomic mass is 9.84. The molecule has 3 rings (SSSR count). The molecule has 196 valence electrons. The third-order valence-electron chi connectivity index (χ3n) is 6.14. The van der Waals surface area contributed by atoms with E-state index in [1.54, 1.807) is 0 Å². The van der Waals surface area contributed by atoms with E-state index in [-0.39, 0.29) is 29.9 Å². The minimum absolute atomic E-state index is 0.0286. The molecule has 0 aliphatic carbocycles. The largest absolute Gasteiger partial charge is 0.503 e. The van der Waals surface area contributed by atoms with Crippen LogP contribution in [0.1, 0.15) is 36.8 Å². The van der Waals surface area contributed by atoms with Crippen molar-refractivity contribution in [2.24, 2.45) is 17.8 Å². The number of carbonyl (C=O) groups is 2. The number of carbonyl (C=O) groups excluding carboxylic acids is 2. The van der Waals surface area contributed by atoms with Crippen LogP contribution in [0.15, 0.2) is 42.6 Å². The van der Waals surface area contributed by atoms with Gasteiger partial charge < -0.3 is 29.4 Å². The molecule has 0 spiro atoms. The molecule has 1 aromatic heterocycles. The van der Waals surface area contributed by atoms with Gasteiger partial charge in [0.25, 0.3) is 5.91 Å². The Bertz CT molecular complexity index is 999. The van der Waals surface area contributed by atoms with Crippen molar-refractivity contribution in [1.82, 2.24) is 10.3 Å². The number of hydrogen-bond acceptors (Lipinski definition) is 8. The number of esters is 1. The van der Waals surface area contributed by atoms with Gasteiger partial charge in [-0.2, -0.15) is 0 Å². The fraction of sp³-hybridized carbons (Fsp3) is 0.519. The Morgan fingerprint density at radius 3 is 2.67 bits per heavy atom. The number of methoxy groups -OCH3 is 1. The van der Waals surface area contributed by atoms with E-state index in [4.69, 9.17) is 18.9 Å². The van der Waals surface area contributed by atoms with Crippen molar-refractivity contribution in [3.05, 3.63) is 53.9 Å². The van der Waals surface area contributed by atoms with Gasteiger partial charge in [-0.15, -0.1) is 0 Å². The van der Waals surface area contributed by atoms with Crippen molar-refractivity contribution in [1.29, 1.82) is 0 Å². The lowest BCUT2D eigenvalue weighted by Crippen LogP contribution is -2.46. The van der Waals surface area contributed by atoms with E-state index in [0.717, 1.165) is 12.0 Å². The van der Waals surface area contributed by atoms with Crippen LogP contribution in [0.4, 0.5) is 0 Å². The number of amides is 1. The first-order chi connectivity index (χ1) is 17.3. The van der Waals surface area contributed by atoms with Gasteiger partial charge in [-0.3, -0.25) is 4.79 Å². The highest BCUT2D eigenvalue weighted by atomic mass is 16.6. The van der Waals surface area contributed by atoms with Gasteiger partial charge in [-0.25, -0.2) is 9.78 Å². The molecule has 0 bridgehead atoms. The zero-order valence-corrected chi connectivity index (χ0v) is 21.3. The zero-order valence-electron chi connectivity index (χ0n) is 21.3. The molecule has 1 aromatic carbocycles. The number of pyridine rings is 1. The summed E-state index contributed by atoms with van der Waals surface area (Å²) in [5, 5.41) is 12.8. The van der Waals surface area contributed by atoms with Gasteiger partial charge in [0, 0.05) is 24.8 Å². The molecule has 4 atom stereocenters. The van der Waals surface area contributed by atoms with E-state index < -0.39 is 29.8 Å². The van der Waals surface area contributed by atoms with E-state index in [1.807, 2.05) is 25.1 Å². The number of nitrogens with one attached hydrogen (secondary N) is 1. The van der Waals surface area contributed by atoms with Gasteiger partial charge in [0.05, 0.1) is 26.9 Å². The van der Waals surface area contributed by atoms with E-state index in [0.29, 0.717) is 25.7 Å². The predicted molar refractivity (Wildman–Crippen MR) is 133 cm³/mol. The normalized spacial score (nSPS) is 22.8. The highest BCUT2D eigenvalue weighted by Crippen LogP contribution is 2.28. The highest BCUT2D eigenvalue weighted by Gasteiger charge is 2.35. The Labute approximate surface area is 212 Å². The lowest BCUT2D eigenvalue weighted by Gasteiger charge is -2.31. The number of ether oxygens (including phenoxy) is 4. The average Bonchev–Trinajstić information content (AvgIpc) is 2.90. The number of benzene rings is 1. The van der Waals surface area contributed by atoms with Crippen LogP contribution in [0.25, 0.3) is 0 Å². The van der Waals surface area contributed by atoms with Gasteiger partial charge in [0.1, 0.15) is 6.10 Å². The van der Waals surface area contributed by atoms with Gasteiger partial charge >= 0.3 is 5.97 Å². The van der Waals surface area contributed by atoms with Crippen LogP contribution in [0, 0.1) is 17.8 Å². The molecular weight excluding hydrogens is 464 g/mol. The van der Waals surface area contributed by atoms with Crippen molar-refractivity contribution in [3.63, 3.8) is 0 Å². The second-order valence-electron chi connectivity index (χ2n) is 9.46. The lowest BCUT2D eigenvalue weighted by molar-refractivity contribution is -0.155. The Balaban J connectivity index is 1.76. The van der Waals surface area contributed by atoms with Crippen LogP contribution >= 0.6 is 0 Å². The smallest absolute Gasteiger partial charge is 0.331 e. The minimum atomic E-state index is -1.07. The Morgan fingerprint density at radius 1 is 1.22 bits per heavy atom. The third kappa shape index (κ3) is 7.41. The fourth-order valence-electron chi connectivity index (χ4n) is 4.20. The standard InChI is InChI=1S/C27H36N2O7/c1-17(2)13-34-15-21-18(3)36-27(32)22(16-35-14-20(21)12-19-8-6-5-7-9-19)29-26(31)24-25(30)23(33-4)10-11-28-24/h5-11,17-18,20-22,30H,12-16H2,1-4H3,(H,29,31)/t18-,20-,21-,22-/m0/s1. The molecule has 1 aliphatic rings. The summed E-state index contributed by atoms with van der Waals surface area (Å²) in [6, 6.07) is 10.4. The summed E-state index contributed by atoms with van der Waals surface area (Å²) in [6.45, 7) is 7.32. The maximum Gasteiger partial charge on any atom is 0.331 e. The Kier molecular flexibility index (Phi) is 10.1. The van der Waals surface area contributed by atoms with Crippen LogP contribution in [-0.4, -0.2) is 67.7 Å². The van der Waals surface area contributed by atoms with Gasteiger partial charge in [0.2, 0.25) is 0 Å². The quantitative estimate of drug-likeness (QED) is 0.505. The number of nitrogens with zero attached hydrogens (tertiary/aromatic N) is 1. The molecule has 1 fully saturated rings. The van der Waals surface area contributed by atoms with E-state index in [2.05, 4.69) is 36.3 Å². The van der Waals surface area contributed by atoms with Crippen molar-refractivity contribution in [2.45, 2.75) is 39.3 Å². The summed E-state index contributed by atoms with van der Waals surface area (Å²) in [5.41, 5.74) is 0.902. The summed E-state index contributed by atoms with van der Waals surface area (Å²) >= 11 is 0. The minimum Gasteiger partial charge on any atom is -0.503 e. The Morgan fingerprint density at radius 2 is 1.97 bits per heavy atom. The summed E-state index contributed by atoms with van der Waals surface area (Å²) in [5.74, 6) is -1.36. The SMILES string of the molecule is COc1ccnc(C(=O)N[C@H]2COC[C@H](Cc3ccccc3)[C@@H](COCC(C)C)[C@H](C)OC2=O)c1O. The van der Waals surface area contributed by atoms with Gasteiger partial charge in [-0.1, -0.05) is 44.2 Å². The second kappa shape index (κ2) is 13.2. The first-order valence-corrected chi connectivity index (χ1v) is 12.2. The van der Waals surface area contributed by atoms with E-state index in [9.17, 15) is 14.7 Å². The van der Waals surface area contributed by atoms with Gasteiger partial charge in [0.15, 0.2) is 23.2 Å². The molecule has 2 heterocycles. The molecule has 1 amide bonds. The van der Waals surface area contributed by atoms with E-state index in [1.165, 1.54) is 19.4 Å². The predicted octanol–water partition coefficient (Wildman–Crippen LogP) is 3.00. The maximum absolute atomic E-state index is 13.0. The molecule has 9 heteroatoms. The average molecular weight is 501 g/mol. The molecule has 1 saturated heterocycles. The number of cyclic esters (lactones) is 1. The molecule has 2 N–H and O–H groups in total. The van der Waals surface area contributed by atoms with Crippen molar-refractivity contribution < 1.29 is 33.6 Å². The molecule has 0 unspecified atom stereocenters. The molecule has 0 radical (unpaired) electrons. The summed E-state index contributed by atoms with van der Waals surface area (Å²) < 4.78 is 22.8. The van der Waals surface area contributed by atoms with Crippen LogP contribution in [0.5, 0.6) is 11.5 Å². The third-order valence-corrected chi connectivity index (χ3v) is 6.14. The van der Waals surface area contributed by atoms with Crippen molar-refractivity contribution in [3.8, 4) is 11.5 Å². The second-order valence-corrected chi connectivity index (χ2v) is 9.46. The first-order valence-electron chi connectivity index (χ1n) is 12.2. The summed E-state index contributed by atoms with van der Waals surface area (Å²) in [6.07, 6.45) is 1.60. The number of hydrogen-bond donors (Lipinski definition) is 2. The van der Waals surface area contributed by atoms with E-state index >= 15 is 0 Å². The molecule has 36 heavy (non-hydrogen) atoms. The number of aromatic nitrogens is 1. The molecular formula is C27H36N2O7. The van der Waals surface area contributed by atoms with Crippen LogP contribution in [0.3, 0.4) is 0 Å². The van der Waals surface area contributed by atoms with Crippen molar-refractivity contribution >= 4 is 11.9 Å². The van der Waals surface area contributed by atoms with Gasteiger partial charge in [-0.05, 0) is 30.7 Å². The number of aromatic hydroxyl groups is 1. The monoisotopic (exact) mass is 500 g/mol. The Hall–Kier alpha value is -3.17. The molecule has 1 aliphatic heterocycles. The van der Waals surface area contributed by atoms with Crippen LogP contribution < -0.4 is 10.1 Å². The van der Waals surface area contributed by atoms with Crippen LogP contribution in [0.2, 0.25) is 0 Å². The van der Waals surface area contributed by atoms with Crippen molar-refractivity contribution in [2.75, 3.05) is 33.5 Å². The van der Waals surface area contributed by atoms with Crippen LogP contribution in [-0.2, 0) is 25.4 Å².